The number of hydrogen-bond acceptors (Lipinski definition) is 4. The van der Waals surface area contributed by atoms with Crippen molar-refractivity contribution in [3.05, 3.63) is 51.1 Å². The van der Waals surface area contributed by atoms with E-state index in [1.54, 1.807) is 0 Å². The molecule has 0 aliphatic rings. The summed E-state index contributed by atoms with van der Waals surface area (Å²) < 4.78 is 6.98. The minimum atomic E-state index is 0.447. The third-order valence-electron chi connectivity index (χ3n) is 3.10. The molecule has 6 heteroatoms. The van der Waals surface area contributed by atoms with Crippen LogP contribution in [0.4, 0.5) is 5.82 Å². The molecule has 1 aromatic carbocycles. The summed E-state index contributed by atoms with van der Waals surface area (Å²) in [7, 11) is 0. The summed E-state index contributed by atoms with van der Waals surface area (Å²) in [6.45, 7) is 1.91. The highest BCUT2D eigenvalue weighted by molar-refractivity contribution is 9.13. The van der Waals surface area contributed by atoms with E-state index in [0.29, 0.717) is 22.1 Å². The van der Waals surface area contributed by atoms with Crippen LogP contribution >= 0.6 is 31.9 Å². The lowest BCUT2D eigenvalue weighted by atomic mass is 10.1. The van der Waals surface area contributed by atoms with Gasteiger partial charge < -0.3 is 10.2 Å². The van der Waals surface area contributed by atoms with Crippen LogP contribution in [-0.4, -0.2) is 9.97 Å². The second-order valence-corrected chi connectivity index (χ2v) is 6.08. The molecule has 106 valence electrons. The van der Waals surface area contributed by atoms with Crippen molar-refractivity contribution < 1.29 is 4.42 Å². The predicted octanol–water partition coefficient (Wildman–Crippen LogP) is 4.82. The van der Waals surface area contributed by atoms with Crippen molar-refractivity contribution in [1.29, 1.82) is 0 Å². The molecule has 2 aromatic heterocycles. The quantitative estimate of drug-likeness (QED) is 0.660. The Bertz CT molecular complexity index is 781. The number of benzene rings is 1. The molecule has 0 saturated carbocycles. The highest BCUT2D eigenvalue weighted by Crippen LogP contribution is 2.33. The zero-order valence-corrected chi connectivity index (χ0v) is 14.3. The lowest BCUT2D eigenvalue weighted by Gasteiger charge is -2.09. The predicted molar refractivity (Wildman–Crippen MR) is 89.7 cm³/mol. The normalized spacial score (nSPS) is 10.8. The van der Waals surface area contributed by atoms with Gasteiger partial charge in [-0.1, -0.05) is 30.3 Å². The zero-order valence-electron chi connectivity index (χ0n) is 11.1. The van der Waals surface area contributed by atoms with Crippen molar-refractivity contribution in [1.82, 2.24) is 9.97 Å². The summed E-state index contributed by atoms with van der Waals surface area (Å²) in [5, 5.41) is 0. The average Bonchev–Trinajstić information content (AvgIpc) is 2.82. The fourth-order valence-electron chi connectivity index (χ4n) is 1.98. The van der Waals surface area contributed by atoms with Gasteiger partial charge in [0.05, 0.1) is 10.2 Å². The van der Waals surface area contributed by atoms with E-state index in [4.69, 9.17) is 10.2 Å². The Morgan fingerprint density at radius 2 is 1.81 bits per heavy atom. The Labute approximate surface area is 138 Å². The lowest BCUT2D eigenvalue weighted by molar-refractivity contribution is 0.549. The number of nitrogen functional groups attached to an aromatic ring is 1. The van der Waals surface area contributed by atoms with Gasteiger partial charge >= 0.3 is 0 Å². The van der Waals surface area contributed by atoms with E-state index in [-0.39, 0.29) is 0 Å². The van der Waals surface area contributed by atoms with Crippen LogP contribution in [0.1, 0.15) is 5.56 Å². The molecule has 2 N–H and O–H groups in total. The molecule has 0 aliphatic carbocycles. The number of nitrogens with two attached hydrogens (primary N) is 1. The van der Waals surface area contributed by atoms with Crippen LogP contribution in [-0.2, 0) is 0 Å². The first-order chi connectivity index (χ1) is 10.1. The Hall–Kier alpha value is -1.66. The molecule has 0 atom stereocenters. The van der Waals surface area contributed by atoms with Crippen LogP contribution in [0.15, 0.2) is 50.0 Å². The Morgan fingerprint density at radius 1 is 1.10 bits per heavy atom. The molecule has 0 bridgehead atoms. The first-order valence-corrected chi connectivity index (χ1v) is 7.79. The molecule has 0 spiro atoms. The Morgan fingerprint density at radius 3 is 2.43 bits per heavy atom. The zero-order chi connectivity index (χ0) is 15.0. The summed E-state index contributed by atoms with van der Waals surface area (Å²) in [5.41, 5.74) is 8.68. The molecular formula is C15H11Br2N3O. The molecule has 0 saturated heterocycles. The smallest absolute Gasteiger partial charge is 0.198 e. The fraction of sp³-hybridized carbons (Fsp3) is 0.0667. The molecule has 3 rings (SSSR count). The maximum absolute atomic E-state index is 6.02. The SMILES string of the molecule is Cc1c(N)nc(-c2cc(Br)c(Br)o2)nc1-c1ccccc1. The third kappa shape index (κ3) is 2.73. The van der Waals surface area contributed by atoms with Gasteiger partial charge in [0.25, 0.3) is 0 Å². The number of rotatable bonds is 2. The number of hydrogen-bond donors (Lipinski definition) is 1. The minimum absolute atomic E-state index is 0.447. The lowest BCUT2D eigenvalue weighted by Crippen LogP contribution is -2.02. The summed E-state index contributed by atoms with van der Waals surface area (Å²) in [6, 6.07) is 11.7. The number of nitrogens with zero attached hydrogens (tertiary/aromatic N) is 2. The first-order valence-electron chi connectivity index (χ1n) is 6.21. The van der Waals surface area contributed by atoms with E-state index < -0.39 is 0 Å². The van der Waals surface area contributed by atoms with Gasteiger partial charge in [0.1, 0.15) is 5.82 Å². The fourth-order valence-corrected chi connectivity index (χ4v) is 2.56. The summed E-state index contributed by atoms with van der Waals surface area (Å²) in [5.74, 6) is 1.46. The van der Waals surface area contributed by atoms with Crippen LogP contribution in [0.5, 0.6) is 0 Å². The van der Waals surface area contributed by atoms with Crippen LogP contribution in [0.2, 0.25) is 0 Å². The van der Waals surface area contributed by atoms with Crippen molar-refractivity contribution in [2.24, 2.45) is 0 Å². The van der Waals surface area contributed by atoms with E-state index in [0.717, 1.165) is 21.3 Å². The van der Waals surface area contributed by atoms with Crippen molar-refractivity contribution >= 4 is 37.7 Å². The van der Waals surface area contributed by atoms with Crippen LogP contribution in [0.3, 0.4) is 0 Å². The van der Waals surface area contributed by atoms with Crippen LogP contribution in [0.25, 0.3) is 22.8 Å². The first kappa shape index (κ1) is 14.3. The van der Waals surface area contributed by atoms with Crippen LogP contribution < -0.4 is 5.73 Å². The molecule has 3 aromatic rings. The summed E-state index contributed by atoms with van der Waals surface area (Å²) in [4.78, 5) is 8.92. The molecule has 0 amide bonds. The largest absolute Gasteiger partial charge is 0.445 e. The second-order valence-electron chi connectivity index (χ2n) is 4.50. The highest BCUT2D eigenvalue weighted by Gasteiger charge is 2.16. The average molecular weight is 409 g/mol. The van der Waals surface area contributed by atoms with Gasteiger partial charge in [0, 0.05) is 17.2 Å². The molecular weight excluding hydrogens is 398 g/mol. The van der Waals surface area contributed by atoms with Crippen molar-refractivity contribution in [3.63, 3.8) is 0 Å². The Balaban J connectivity index is 2.18. The van der Waals surface area contributed by atoms with Gasteiger partial charge in [-0.2, -0.15) is 0 Å². The highest BCUT2D eigenvalue weighted by atomic mass is 79.9. The topological polar surface area (TPSA) is 64.9 Å². The number of halogens is 2. The molecule has 4 nitrogen and oxygen atoms in total. The van der Waals surface area contributed by atoms with E-state index in [1.807, 2.05) is 43.3 Å². The Kier molecular flexibility index (Phi) is 3.82. The maximum atomic E-state index is 6.02. The second kappa shape index (κ2) is 5.61. The van der Waals surface area contributed by atoms with Gasteiger partial charge in [0.15, 0.2) is 16.3 Å². The monoisotopic (exact) mass is 407 g/mol. The molecule has 0 fully saturated rings. The number of furan rings is 1. The molecule has 0 aliphatic heterocycles. The van der Waals surface area contributed by atoms with Crippen LogP contribution in [0, 0.1) is 6.92 Å². The van der Waals surface area contributed by atoms with E-state index in [1.165, 1.54) is 0 Å². The summed E-state index contributed by atoms with van der Waals surface area (Å²) in [6.07, 6.45) is 0. The van der Waals surface area contributed by atoms with E-state index >= 15 is 0 Å². The third-order valence-corrected chi connectivity index (χ3v) is 4.81. The molecule has 0 radical (unpaired) electrons. The van der Waals surface area contributed by atoms with Crippen molar-refractivity contribution in [3.8, 4) is 22.8 Å². The molecule has 2 heterocycles. The number of anilines is 1. The molecule has 21 heavy (non-hydrogen) atoms. The van der Waals surface area contributed by atoms with Gasteiger partial charge in [0.2, 0.25) is 0 Å². The standard InChI is InChI=1S/C15H11Br2N3O/c1-8-12(9-5-3-2-4-6-9)19-15(20-14(8)18)11-7-10(16)13(17)21-11/h2-7H,1H3,(H2,18,19,20). The van der Waals surface area contributed by atoms with Gasteiger partial charge in [-0.25, -0.2) is 9.97 Å². The minimum Gasteiger partial charge on any atom is -0.445 e. The van der Waals surface area contributed by atoms with Gasteiger partial charge in [-0.15, -0.1) is 0 Å². The van der Waals surface area contributed by atoms with E-state index in [9.17, 15) is 0 Å². The summed E-state index contributed by atoms with van der Waals surface area (Å²) >= 11 is 6.69. The number of aromatic nitrogens is 2. The maximum Gasteiger partial charge on any atom is 0.198 e. The molecule has 0 unspecified atom stereocenters. The van der Waals surface area contributed by atoms with E-state index in [2.05, 4.69) is 41.8 Å². The van der Waals surface area contributed by atoms with Gasteiger partial charge in [-0.05, 0) is 38.8 Å². The van der Waals surface area contributed by atoms with Crippen molar-refractivity contribution in [2.75, 3.05) is 5.73 Å². The van der Waals surface area contributed by atoms with Gasteiger partial charge in [-0.3, -0.25) is 0 Å². The van der Waals surface area contributed by atoms with Crippen molar-refractivity contribution in [2.45, 2.75) is 6.92 Å².